The molecule has 0 saturated carbocycles. The van der Waals surface area contributed by atoms with E-state index in [1.807, 2.05) is 0 Å². The molecule has 3 rings (SSSR count). The molecular formula is C13H9F3N4O3S. The Kier molecular flexibility index (Phi) is 3.68. The minimum atomic E-state index is -4.86. The topological polar surface area (TPSA) is 104 Å². The third-order valence-electron chi connectivity index (χ3n) is 3.10. The maximum Gasteiger partial charge on any atom is 0.418 e. The lowest BCUT2D eigenvalue weighted by molar-refractivity contribution is -0.137. The summed E-state index contributed by atoms with van der Waals surface area (Å²) < 4.78 is 70.0. The van der Waals surface area contributed by atoms with Gasteiger partial charge in [-0.2, -0.15) is 18.3 Å². The van der Waals surface area contributed by atoms with E-state index in [4.69, 9.17) is 9.56 Å². The van der Waals surface area contributed by atoms with E-state index in [1.54, 1.807) is 0 Å². The maximum absolute atomic E-state index is 13.5. The Hall–Kier alpha value is -2.66. The Morgan fingerprint density at radius 2 is 1.96 bits per heavy atom. The van der Waals surface area contributed by atoms with Gasteiger partial charge >= 0.3 is 6.18 Å². The molecule has 0 radical (unpaired) electrons. The van der Waals surface area contributed by atoms with Gasteiger partial charge in [0.25, 0.3) is 0 Å². The number of primary sulfonamides is 1. The average Bonchev–Trinajstić information content (AvgIpc) is 3.17. The first-order valence-electron chi connectivity index (χ1n) is 6.36. The third-order valence-corrected chi connectivity index (χ3v) is 4.02. The van der Waals surface area contributed by atoms with Gasteiger partial charge in [0.2, 0.25) is 15.9 Å². The second-order valence-electron chi connectivity index (χ2n) is 4.70. The van der Waals surface area contributed by atoms with Gasteiger partial charge in [0.05, 0.1) is 17.4 Å². The molecule has 0 atom stereocenters. The number of nitrogens with zero attached hydrogens (tertiary/aromatic N) is 3. The van der Waals surface area contributed by atoms with Gasteiger partial charge in [0.15, 0.2) is 0 Å². The molecule has 0 aliphatic carbocycles. The zero-order valence-corrected chi connectivity index (χ0v) is 12.5. The number of halogens is 3. The van der Waals surface area contributed by atoms with Crippen molar-refractivity contribution in [3.8, 4) is 17.1 Å². The number of aromatic nitrogens is 3. The maximum atomic E-state index is 13.5. The summed E-state index contributed by atoms with van der Waals surface area (Å²) in [6, 6.07) is 3.06. The molecule has 7 nitrogen and oxygen atoms in total. The molecule has 2 heterocycles. The molecular weight excluding hydrogens is 349 g/mol. The monoisotopic (exact) mass is 358 g/mol. The summed E-state index contributed by atoms with van der Waals surface area (Å²) in [5, 5.41) is 8.80. The third kappa shape index (κ3) is 2.90. The van der Waals surface area contributed by atoms with Gasteiger partial charge in [-0.15, -0.1) is 0 Å². The predicted molar refractivity (Wildman–Crippen MR) is 75.4 cm³/mol. The minimum absolute atomic E-state index is 0.169. The first-order valence-corrected chi connectivity index (χ1v) is 7.90. The Labute approximate surface area is 133 Å². The van der Waals surface area contributed by atoms with Crippen molar-refractivity contribution in [1.29, 1.82) is 0 Å². The number of sulfonamides is 1. The number of benzene rings is 1. The smallest absolute Gasteiger partial charge is 0.418 e. The molecule has 0 aliphatic rings. The molecule has 0 fully saturated rings. The molecule has 0 amide bonds. The Morgan fingerprint density at radius 3 is 2.46 bits per heavy atom. The van der Waals surface area contributed by atoms with E-state index < -0.39 is 32.3 Å². The normalized spacial score (nSPS) is 12.5. The van der Waals surface area contributed by atoms with Crippen molar-refractivity contribution >= 4 is 10.0 Å². The number of rotatable bonds is 3. The van der Waals surface area contributed by atoms with Gasteiger partial charge in [-0.3, -0.25) is 0 Å². The van der Waals surface area contributed by atoms with Gasteiger partial charge in [-0.1, -0.05) is 0 Å². The van der Waals surface area contributed by atoms with Gasteiger partial charge in [0.1, 0.15) is 11.2 Å². The highest BCUT2D eigenvalue weighted by molar-refractivity contribution is 7.89. The molecule has 3 aromatic rings. The van der Waals surface area contributed by atoms with Gasteiger partial charge in [0, 0.05) is 18.0 Å². The molecule has 0 spiro atoms. The Balaban J connectivity index is 2.43. The summed E-state index contributed by atoms with van der Waals surface area (Å²) in [6.07, 6.45) is -0.0796. The SMILES string of the molecule is NS(=O)(=O)c1cc(-c2ncco2)cc(C(F)(F)F)c1-n1cccn1. The van der Waals surface area contributed by atoms with E-state index in [0.717, 1.165) is 23.1 Å². The Bertz CT molecular complexity index is 965. The summed E-state index contributed by atoms with van der Waals surface area (Å²) >= 11 is 0. The molecule has 0 bridgehead atoms. The van der Waals surface area contributed by atoms with E-state index >= 15 is 0 Å². The number of alkyl halides is 3. The van der Waals surface area contributed by atoms with E-state index in [-0.39, 0.29) is 11.5 Å². The van der Waals surface area contributed by atoms with Gasteiger partial charge in [-0.25, -0.2) is 23.2 Å². The zero-order valence-electron chi connectivity index (χ0n) is 11.7. The standard InChI is InChI=1S/C13H9F3N4O3S/c14-13(15,16)9-6-8(12-18-3-5-23-12)7-10(24(17,21)22)11(9)20-4-1-2-19-20/h1-7H,(H2,17,21,22). The van der Waals surface area contributed by atoms with Crippen LogP contribution in [0.15, 0.2) is 52.4 Å². The van der Waals surface area contributed by atoms with E-state index in [2.05, 4.69) is 10.1 Å². The molecule has 0 unspecified atom stereocenters. The lowest BCUT2D eigenvalue weighted by atomic mass is 10.1. The van der Waals surface area contributed by atoms with Crippen LogP contribution in [0.25, 0.3) is 17.1 Å². The second-order valence-corrected chi connectivity index (χ2v) is 6.23. The highest BCUT2D eigenvalue weighted by Crippen LogP contribution is 2.39. The number of hydrogen-bond donors (Lipinski definition) is 1. The van der Waals surface area contributed by atoms with Gasteiger partial charge < -0.3 is 4.42 Å². The molecule has 0 saturated heterocycles. The van der Waals surface area contributed by atoms with Crippen molar-refractivity contribution in [3.63, 3.8) is 0 Å². The summed E-state index contributed by atoms with van der Waals surface area (Å²) in [7, 11) is -4.49. The van der Waals surface area contributed by atoms with Crippen molar-refractivity contribution in [1.82, 2.24) is 14.8 Å². The molecule has 1 aromatic carbocycles. The first-order chi connectivity index (χ1) is 11.2. The summed E-state index contributed by atoms with van der Waals surface area (Å²) in [6.45, 7) is 0. The van der Waals surface area contributed by atoms with Crippen LogP contribution in [0.5, 0.6) is 0 Å². The van der Waals surface area contributed by atoms with Crippen LogP contribution >= 0.6 is 0 Å². The predicted octanol–water partition coefficient (Wildman–Crippen LogP) is 2.19. The average molecular weight is 358 g/mol. The van der Waals surface area contributed by atoms with Crippen LogP contribution in [0.2, 0.25) is 0 Å². The van der Waals surface area contributed by atoms with Crippen LogP contribution in [0, 0.1) is 0 Å². The summed E-state index contributed by atoms with van der Waals surface area (Å²) in [4.78, 5) is 2.99. The number of oxazole rings is 1. The highest BCUT2D eigenvalue weighted by Gasteiger charge is 2.38. The van der Waals surface area contributed by atoms with Crippen LogP contribution in [-0.2, 0) is 16.2 Å². The fourth-order valence-electron chi connectivity index (χ4n) is 2.17. The highest BCUT2D eigenvalue weighted by atomic mass is 32.2. The fourth-order valence-corrected chi connectivity index (χ4v) is 2.93. The van der Waals surface area contributed by atoms with Crippen LogP contribution in [0.1, 0.15) is 5.56 Å². The van der Waals surface area contributed by atoms with Gasteiger partial charge in [-0.05, 0) is 18.2 Å². The van der Waals surface area contributed by atoms with Crippen molar-refractivity contribution in [2.75, 3.05) is 0 Å². The van der Waals surface area contributed by atoms with Crippen molar-refractivity contribution in [3.05, 3.63) is 48.6 Å². The molecule has 0 aliphatic heterocycles. The van der Waals surface area contributed by atoms with Crippen LogP contribution < -0.4 is 5.14 Å². The van der Waals surface area contributed by atoms with Crippen LogP contribution in [0.4, 0.5) is 13.2 Å². The lowest BCUT2D eigenvalue weighted by Crippen LogP contribution is -2.20. The van der Waals surface area contributed by atoms with Crippen LogP contribution in [-0.4, -0.2) is 23.2 Å². The first kappa shape index (κ1) is 16.2. The number of nitrogens with two attached hydrogens (primary N) is 1. The van der Waals surface area contributed by atoms with Crippen molar-refractivity contribution in [2.24, 2.45) is 5.14 Å². The van der Waals surface area contributed by atoms with E-state index in [9.17, 15) is 21.6 Å². The zero-order chi connectivity index (χ0) is 17.5. The lowest BCUT2D eigenvalue weighted by Gasteiger charge is -2.17. The largest absolute Gasteiger partial charge is 0.445 e. The summed E-state index contributed by atoms with van der Waals surface area (Å²) in [5.41, 5.74) is -2.09. The molecule has 24 heavy (non-hydrogen) atoms. The fraction of sp³-hybridized carbons (Fsp3) is 0.0769. The quantitative estimate of drug-likeness (QED) is 0.773. The van der Waals surface area contributed by atoms with E-state index in [0.29, 0.717) is 0 Å². The number of hydrogen-bond acceptors (Lipinski definition) is 5. The molecule has 2 aromatic heterocycles. The Morgan fingerprint density at radius 1 is 1.21 bits per heavy atom. The molecule has 126 valence electrons. The second kappa shape index (κ2) is 5.46. The van der Waals surface area contributed by atoms with Crippen LogP contribution in [0.3, 0.4) is 0 Å². The minimum Gasteiger partial charge on any atom is -0.445 e. The van der Waals surface area contributed by atoms with Crippen molar-refractivity contribution < 1.29 is 26.0 Å². The summed E-state index contributed by atoms with van der Waals surface area (Å²) in [5.74, 6) is -0.169. The van der Waals surface area contributed by atoms with Crippen molar-refractivity contribution in [2.45, 2.75) is 11.1 Å². The molecule has 11 heteroatoms. The van der Waals surface area contributed by atoms with E-state index in [1.165, 1.54) is 24.7 Å². The molecule has 2 N–H and O–H groups in total.